The van der Waals surface area contributed by atoms with Crippen molar-refractivity contribution < 1.29 is 9.53 Å². The molecule has 0 saturated carbocycles. The second-order valence-electron chi connectivity index (χ2n) is 12.4. The summed E-state index contributed by atoms with van der Waals surface area (Å²) in [5.41, 5.74) is 0.495. The van der Waals surface area contributed by atoms with Crippen LogP contribution in [0.25, 0.3) is 0 Å². The van der Waals surface area contributed by atoms with Crippen molar-refractivity contribution in [3.05, 3.63) is 12.2 Å². The Hall–Kier alpha value is -0.790. The van der Waals surface area contributed by atoms with Crippen LogP contribution in [0.3, 0.4) is 0 Å². The number of rotatable bonds is 31. The van der Waals surface area contributed by atoms with Crippen LogP contribution in [0.5, 0.6) is 0 Å². The van der Waals surface area contributed by atoms with Crippen LogP contribution in [-0.2, 0) is 9.53 Å². The molecule has 0 amide bonds. The summed E-state index contributed by atoms with van der Waals surface area (Å²) in [6.45, 7) is 10.6. The van der Waals surface area contributed by atoms with Gasteiger partial charge in [0.1, 0.15) is 0 Å². The van der Waals surface area contributed by atoms with E-state index in [1.54, 1.807) is 6.92 Å². The van der Waals surface area contributed by atoms with Crippen LogP contribution in [0.15, 0.2) is 12.2 Å². The molecule has 0 fully saturated rings. The first-order chi connectivity index (χ1) is 18.6. The van der Waals surface area contributed by atoms with Crippen molar-refractivity contribution in [2.24, 2.45) is 5.92 Å². The van der Waals surface area contributed by atoms with E-state index in [1.807, 2.05) is 0 Å². The largest absolute Gasteiger partial charge is 0.462 e. The van der Waals surface area contributed by atoms with E-state index in [9.17, 15) is 4.79 Å². The maximum Gasteiger partial charge on any atom is 0.333 e. The molecule has 0 aromatic rings. The second-order valence-corrected chi connectivity index (χ2v) is 12.4. The summed E-state index contributed by atoms with van der Waals surface area (Å²) in [7, 11) is 0. The second kappa shape index (κ2) is 30.7. The number of carbonyl (C=O) groups is 1. The SMILES string of the molecule is C=C(C)C(=O)OCCCCCCCCCC(C)CCCCCCCCCCCCCCCCCCCCC. The molecule has 0 aliphatic carbocycles. The summed E-state index contributed by atoms with van der Waals surface area (Å²) in [5, 5.41) is 0. The third-order valence-electron chi connectivity index (χ3n) is 8.22. The molecule has 0 rings (SSSR count). The minimum atomic E-state index is -0.251. The van der Waals surface area contributed by atoms with Crippen LogP contribution in [-0.4, -0.2) is 12.6 Å². The smallest absolute Gasteiger partial charge is 0.333 e. The van der Waals surface area contributed by atoms with E-state index in [1.165, 1.54) is 173 Å². The molecule has 0 N–H and O–H groups in total. The maximum absolute atomic E-state index is 11.3. The third kappa shape index (κ3) is 29.8. The Morgan fingerprint density at radius 3 is 1.13 bits per heavy atom. The average molecular weight is 535 g/mol. The van der Waals surface area contributed by atoms with Crippen molar-refractivity contribution in [1.82, 2.24) is 0 Å². The van der Waals surface area contributed by atoms with E-state index in [0.717, 1.165) is 12.3 Å². The van der Waals surface area contributed by atoms with Gasteiger partial charge in [-0.15, -0.1) is 0 Å². The summed E-state index contributed by atoms with van der Waals surface area (Å²) < 4.78 is 5.14. The molecule has 2 heteroatoms. The predicted octanol–water partition coefficient (Wildman–Crippen LogP) is 12.7. The molecule has 2 nitrogen and oxygen atoms in total. The van der Waals surface area contributed by atoms with Crippen LogP contribution in [0, 0.1) is 5.92 Å². The molecular formula is C36H70O2. The number of hydrogen-bond donors (Lipinski definition) is 0. The predicted molar refractivity (Wildman–Crippen MR) is 170 cm³/mol. The summed E-state index contributed by atoms with van der Waals surface area (Å²) in [6.07, 6.45) is 39.5. The number of ether oxygens (including phenoxy) is 1. The van der Waals surface area contributed by atoms with Crippen LogP contribution >= 0.6 is 0 Å². The minimum absolute atomic E-state index is 0.251. The number of esters is 1. The Bertz CT molecular complexity index is 498. The zero-order valence-corrected chi connectivity index (χ0v) is 26.6. The molecule has 0 spiro atoms. The van der Waals surface area contributed by atoms with Gasteiger partial charge in [0.15, 0.2) is 0 Å². The standard InChI is InChI=1S/C36H70O2/c1-5-6-7-8-9-10-11-12-13-14-15-16-17-18-19-20-22-25-28-31-35(4)32-29-26-23-21-24-27-30-33-38-36(37)34(2)3/h35H,2,5-33H2,1,3-4H3. The van der Waals surface area contributed by atoms with Crippen molar-refractivity contribution in [2.75, 3.05) is 6.61 Å². The number of carbonyl (C=O) groups excluding carboxylic acids is 1. The summed E-state index contributed by atoms with van der Waals surface area (Å²) in [5.74, 6) is 0.656. The first-order valence-electron chi connectivity index (χ1n) is 17.4. The first kappa shape index (κ1) is 37.2. The molecule has 226 valence electrons. The van der Waals surface area contributed by atoms with E-state index in [2.05, 4.69) is 20.4 Å². The molecule has 0 aromatic carbocycles. The highest BCUT2D eigenvalue weighted by Crippen LogP contribution is 2.19. The Kier molecular flexibility index (Phi) is 30.1. The molecule has 38 heavy (non-hydrogen) atoms. The average Bonchev–Trinajstić information content (AvgIpc) is 2.90. The lowest BCUT2D eigenvalue weighted by molar-refractivity contribution is -0.139. The Labute approximate surface area is 240 Å². The van der Waals surface area contributed by atoms with E-state index in [0.29, 0.717) is 12.2 Å². The van der Waals surface area contributed by atoms with Gasteiger partial charge in [-0.3, -0.25) is 0 Å². The fourth-order valence-electron chi connectivity index (χ4n) is 5.48. The molecule has 0 heterocycles. The van der Waals surface area contributed by atoms with Crippen molar-refractivity contribution in [1.29, 1.82) is 0 Å². The van der Waals surface area contributed by atoms with Crippen molar-refractivity contribution >= 4 is 5.97 Å². The van der Waals surface area contributed by atoms with E-state index in [4.69, 9.17) is 4.74 Å². The molecule has 0 saturated heterocycles. The van der Waals surface area contributed by atoms with E-state index >= 15 is 0 Å². The fourth-order valence-corrected chi connectivity index (χ4v) is 5.48. The Morgan fingerprint density at radius 1 is 0.526 bits per heavy atom. The van der Waals surface area contributed by atoms with E-state index < -0.39 is 0 Å². The van der Waals surface area contributed by atoms with E-state index in [-0.39, 0.29) is 5.97 Å². The first-order valence-corrected chi connectivity index (χ1v) is 17.4. The zero-order valence-electron chi connectivity index (χ0n) is 26.6. The zero-order chi connectivity index (χ0) is 27.9. The van der Waals surface area contributed by atoms with Gasteiger partial charge in [-0.2, -0.15) is 0 Å². The normalized spacial score (nSPS) is 12.1. The fraction of sp³-hybridized carbons (Fsp3) is 0.917. The quantitative estimate of drug-likeness (QED) is 0.0502. The lowest BCUT2D eigenvalue weighted by Gasteiger charge is -2.11. The Balaban J connectivity index is 3.18. The third-order valence-corrected chi connectivity index (χ3v) is 8.22. The summed E-state index contributed by atoms with van der Waals surface area (Å²) in [4.78, 5) is 11.3. The summed E-state index contributed by atoms with van der Waals surface area (Å²) >= 11 is 0. The monoisotopic (exact) mass is 535 g/mol. The molecule has 1 atom stereocenters. The van der Waals surface area contributed by atoms with Gasteiger partial charge in [-0.25, -0.2) is 4.79 Å². The molecular weight excluding hydrogens is 464 g/mol. The highest BCUT2D eigenvalue weighted by atomic mass is 16.5. The van der Waals surface area contributed by atoms with Crippen LogP contribution in [0.1, 0.15) is 201 Å². The lowest BCUT2D eigenvalue weighted by atomic mass is 9.95. The molecule has 0 aromatic heterocycles. The maximum atomic E-state index is 11.3. The highest BCUT2D eigenvalue weighted by Gasteiger charge is 2.03. The van der Waals surface area contributed by atoms with Crippen molar-refractivity contribution in [2.45, 2.75) is 201 Å². The van der Waals surface area contributed by atoms with Crippen molar-refractivity contribution in [3.63, 3.8) is 0 Å². The van der Waals surface area contributed by atoms with Crippen LogP contribution in [0.2, 0.25) is 0 Å². The van der Waals surface area contributed by atoms with Gasteiger partial charge in [0, 0.05) is 5.57 Å². The molecule has 1 unspecified atom stereocenters. The molecule has 0 radical (unpaired) electrons. The molecule has 0 aliphatic rings. The number of hydrogen-bond acceptors (Lipinski definition) is 2. The van der Waals surface area contributed by atoms with Gasteiger partial charge < -0.3 is 4.74 Å². The van der Waals surface area contributed by atoms with Crippen molar-refractivity contribution in [3.8, 4) is 0 Å². The summed E-state index contributed by atoms with van der Waals surface area (Å²) in [6, 6.07) is 0. The molecule has 0 bridgehead atoms. The minimum Gasteiger partial charge on any atom is -0.462 e. The topological polar surface area (TPSA) is 26.3 Å². The van der Waals surface area contributed by atoms with Gasteiger partial charge in [0.05, 0.1) is 6.61 Å². The van der Waals surface area contributed by atoms with Gasteiger partial charge in [-0.05, 0) is 19.3 Å². The van der Waals surface area contributed by atoms with Gasteiger partial charge in [0.2, 0.25) is 0 Å². The van der Waals surface area contributed by atoms with Gasteiger partial charge in [-0.1, -0.05) is 194 Å². The van der Waals surface area contributed by atoms with Crippen LogP contribution in [0.4, 0.5) is 0 Å². The lowest BCUT2D eigenvalue weighted by Crippen LogP contribution is -2.05. The Morgan fingerprint density at radius 2 is 0.816 bits per heavy atom. The highest BCUT2D eigenvalue weighted by molar-refractivity contribution is 5.86. The number of unbranched alkanes of at least 4 members (excludes halogenated alkanes) is 24. The van der Waals surface area contributed by atoms with Gasteiger partial charge >= 0.3 is 5.97 Å². The molecule has 0 aliphatic heterocycles. The van der Waals surface area contributed by atoms with Crippen LogP contribution < -0.4 is 0 Å². The van der Waals surface area contributed by atoms with Gasteiger partial charge in [0.25, 0.3) is 0 Å².